The van der Waals surface area contributed by atoms with Crippen molar-refractivity contribution in [2.24, 2.45) is 0 Å². The van der Waals surface area contributed by atoms with Crippen LogP contribution in [0.5, 0.6) is 5.75 Å². The van der Waals surface area contributed by atoms with Gasteiger partial charge in [-0.3, -0.25) is 0 Å². The average Bonchev–Trinajstić information content (AvgIpc) is 3.02. The highest BCUT2D eigenvalue weighted by molar-refractivity contribution is 9.10. The summed E-state index contributed by atoms with van der Waals surface area (Å²) in [6.07, 6.45) is 2.48. The smallest absolute Gasteiger partial charge is 0.343 e. The SMILES string of the molecule is O=c1oc2ccccc2c(O)c1C1CC(c2ccc(Cc3ccc(-c4ccc(Br)cc4)cc3)cc2)Cc2ccccc21. The Morgan fingerprint density at radius 1 is 0.738 bits per heavy atom. The summed E-state index contributed by atoms with van der Waals surface area (Å²) >= 11 is 3.50. The standard InChI is InChI=1S/C38H29BrO3/c39-31-19-17-27(18-20-31)26-13-9-24(10-14-26)21-25-11-15-28(16-12-25)30-22-29-5-1-2-6-32(29)34(23-30)36-37(40)33-7-3-4-8-35(33)42-38(36)41/h1-20,30,34,40H,21-23H2. The second-order valence-electron chi connectivity index (χ2n) is 11.2. The predicted octanol–water partition coefficient (Wildman–Crippen LogP) is 9.38. The van der Waals surface area contributed by atoms with E-state index in [2.05, 4.69) is 101 Å². The van der Waals surface area contributed by atoms with Crippen molar-refractivity contribution in [2.75, 3.05) is 0 Å². The van der Waals surface area contributed by atoms with E-state index >= 15 is 0 Å². The van der Waals surface area contributed by atoms with Crippen LogP contribution < -0.4 is 5.63 Å². The summed E-state index contributed by atoms with van der Waals surface area (Å²) < 4.78 is 6.76. The van der Waals surface area contributed by atoms with Crippen LogP contribution in [0.4, 0.5) is 0 Å². The molecule has 0 aliphatic heterocycles. The minimum absolute atomic E-state index is 0.0313. The van der Waals surface area contributed by atoms with Crippen molar-refractivity contribution in [2.45, 2.75) is 31.1 Å². The van der Waals surface area contributed by atoms with Gasteiger partial charge in [-0.2, -0.15) is 0 Å². The number of halogens is 1. The molecule has 7 rings (SSSR count). The number of aromatic hydroxyl groups is 1. The maximum absolute atomic E-state index is 13.2. The molecule has 0 amide bonds. The van der Waals surface area contributed by atoms with Crippen molar-refractivity contribution < 1.29 is 9.52 Å². The molecule has 4 heteroatoms. The molecular weight excluding hydrogens is 584 g/mol. The highest BCUT2D eigenvalue weighted by Crippen LogP contribution is 2.45. The first kappa shape index (κ1) is 26.5. The number of benzene rings is 5. The van der Waals surface area contributed by atoms with E-state index in [1.54, 1.807) is 18.2 Å². The van der Waals surface area contributed by atoms with Gasteiger partial charge >= 0.3 is 5.63 Å². The molecule has 0 fully saturated rings. The molecule has 42 heavy (non-hydrogen) atoms. The maximum atomic E-state index is 13.2. The lowest BCUT2D eigenvalue weighted by Gasteiger charge is -2.32. The van der Waals surface area contributed by atoms with Crippen molar-refractivity contribution in [1.82, 2.24) is 0 Å². The van der Waals surface area contributed by atoms with Gasteiger partial charge in [0.2, 0.25) is 0 Å². The number of para-hydroxylation sites is 1. The van der Waals surface area contributed by atoms with Gasteiger partial charge < -0.3 is 9.52 Å². The largest absolute Gasteiger partial charge is 0.507 e. The van der Waals surface area contributed by atoms with Gasteiger partial charge in [-0.1, -0.05) is 113 Å². The molecule has 1 heterocycles. The van der Waals surface area contributed by atoms with Crippen LogP contribution in [0.2, 0.25) is 0 Å². The Morgan fingerprint density at radius 2 is 1.36 bits per heavy atom. The van der Waals surface area contributed by atoms with Crippen LogP contribution in [0.25, 0.3) is 22.1 Å². The van der Waals surface area contributed by atoms with E-state index in [4.69, 9.17) is 4.42 Å². The Bertz CT molecular complexity index is 1940. The minimum atomic E-state index is -0.465. The number of fused-ring (bicyclic) bond motifs is 2. The number of hydrogen-bond acceptors (Lipinski definition) is 3. The summed E-state index contributed by atoms with van der Waals surface area (Å²) in [7, 11) is 0. The Morgan fingerprint density at radius 3 is 2.10 bits per heavy atom. The first-order chi connectivity index (χ1) is 20.5. The van der Waals surface area contributed by atoms with Crippen LogP contribution in [0.15, 0.2) is 135 Å². The van der Waals surface area contributed by atoms with Crippen LogP contribution in [-0.4, -0.2) is 5.11 Å². The third kappa shape index (κ3) is 5.08. The fourth-order valence-corrected chi connectivity index (χ4v) is 6.67. The zero-order valence-corrected chi connectivity index (χ0v) is 24.6. The highest BCUT2D eigenvalue weighted by atomic mass is 79.9. The van der Waals surface area contributed by atoms with Crippen LogP contribution in [0.1, 0.15) is 51.6 Å². The third-order valence-electron chi connectivity index (χ3n) is 8.58. The zero-order valence-electron chi connectivity index (χ0n) is 23.0. The Hall–Kier alpha value is -4.41. The van der Waals surface area contributed by atoms with Gasteiger partial charge in [-0.15, -0.1) is 0 Å². The third-order valence-corrected chi connectivity index (χ3v) is 9.10. The summed E-state index contributed by atoms with van der Waals surface area (Å²) in [5.41, 5.74) is 8.79. The molecule has 206 valence electrons. The lowest BCUT2D eigenvalue weighted by molar-refractivity contribution is 0.437. The van der Waals surface area contributed by atoms with Crippen LogP contribution >= 0.6 is 15.9 Å². The van der Waals surface area contributed by atoms with Crippen LogP contribution in [-0.2, 0) is 12.8 Å². The van der Waals surface area contributed by atoms with Crippen LogP contribution in [0.3, 0.4) is 0 Å². The van der Waals surface area contributed by atoms with E-state index < -0.39 is 5.63 Å². The van der Waals surface area contributed by atoms with Crippen molar-refractivity contribution in [3.05, 3.63) is 170 Å². The van der Waals surface area contributed by atoms with Crippen molar-refractivity contribution in [3.8, 4) is 16.9 Å². The fraction of sp³-hybridized carbons (Fsp3) is 0.132. The van der Waals surface area contributed by atoms with Crippen molar-refractivity contribution >= 4 is 26.9 Å². The highest BCUT2D eigenvalue weighted by Gasteiger charge is 2.33. The van der Waals surface area contributed by atoms with Gasteiger partial charge in [0.15, 0.2) is 0 Å². The number of rotatable bonds is 5. The van der Waals surface area contributed by atoms with Gasteiger partial charge in [0.1, 0.15) is 11.3 Å². The van der Waals surface area contributed by atoms with Crippen LogP contribution in [0, 0.1) is 0 Å². The molecule has 1 aromatic heterocycles. The van der Waals surface area contributed by atoms with E-state index in [1.165, 1.54) is 33.4 Å². The Balaban J connectivity index is 1.14. The molecule has 0 bridgehead atoms. The fourth-order valence-electron chi connectivity index (χ4n) is 6.40. The average molecular weight is 614 g/mol. The first-order valence-corrected chi connectivity index (χ1v) is 15.1. The van der Waals surface area contributed by atoms with Gasteiger partial charge in [0, 0.05) is 10.4 Å². The Labute approximate surface area is 253 Å². The molecular formula is C38H29BrO3. The molecule has 3 nitrogen and oxygen atoms in total. The molecule has 5 aromatic carbocycles. The van der Waals surface area contributed by atoms with E-state index in [9.17, 15) is 9.90 Å². The van der Waals surface area contributed by atoms with E-state index in [0.717, 1.165) is 29.3 Å². The Kier molecular flexibility index (Phi) is 7.01. The second kappa shape index (κ2) is 11.1. The molecule has 0 radical (unpaired) electrons. The van der Waals surface area contributed by atoms with Gasteiger partial charge in [0.25, 0.3) is 0 Å². The summed E-state index contributed by atoms with van der Waals surface area (Å²) in [6.45, 7) is 0. The molecule has 1 N–H and O–H groups in total. The topological polar surface area (TPSA) is 50.4 Å². The normalized spacial score (nSPS) is 16.3. The summed E-state index contributed by atoms with van der Waals surface area (Å²) in [5.74, 6) is 0.00272. The molecule has 1 aliphatic rings. The molecule has 0 saturated heterocycles. The first-order valence-electron chi connectivity index (χ1n) is 14.3. The minimum Gasteiger partial charge on any atom is -0.507 e. The van der Waals surface area contributed by atoms with Crippen molar-refractivity contribution in [1.29, 1.82) is 0 Å². The predicted molar refractivity (Wildman–Crippen MR) is 172 cm³/mol. The molecule has 1 aliphatic carbocycles. The molecule has 2 atom stereocenters. The van der Waals surface area contributed by atoms with E-state index in [-0.39, 0.29) is 17.6 Å². The number of hydrogen-bond donors (Lipinski definition) is 1. The quantitative estimate of drug-likeness (QED) is 0.197. The zero-order chi connectivity index (χ0) is 28.6. The monoisotopic (exact) mass is 612 g/mol. The van der Waals surface area contributed by atoms with Crippen molar-refractivity contribution in [3.63, 3.8) is 0 Å². The van der Waals surface area contributed by atoms with E-state index in [1.807, 2.05) is 18.2 Å². The van der Waals surface area contributed by atoms with E-state index in [0.29, 0.717) is 16.5 Å². The lowest BCUT2D eigenvalue weighted by atomic mass is 9.72. The summed E-state index contributed by atoms with van der Waals surface area (Å²) in [5, 5.41) is 11.8. The summed E-state index contributed by atoms with van der Waals surface area (Å²) in [6, 6.07) is 41.5. The molecule has 0 spiro atoms. The molecule has 0 saturated carbocycles. The van der Waals surface area contributed by atoms with Gasteiger partial charge in [-0.05, 0) is 88.4 Å². The summed E-state index contributed by atoms with van der Waals surface area (Å²) in [4.78, 5) is 13.2. The maximum Gasteiger partial charge on any atom is 0.343 e. The molecule has 2 unspecified atom stereocenters. The van der Waals surface area contributed by atoms with Gasteiger partial charge in [0.05, 0.1) is 10.9 Å². The molecule has 6 aromatic rings. The van der Waals surface area contributed by atoms with Gasteiger partial charge in [-0.25, -0.2) is 4.79 Å². The second-order valence-corrected chi connectivity index (χ2v) is 12.1. The lowest BCUT2D eigenvalue weighted by Crippen LogP contribution is -2.23.